The van der Waals surface area contributed by atoms with Crippen molar-refractivity contribution in [3.63, 3.8) is 0 Å². The Morgan fingerprint density at radius 3 is 2.71 bits per heavy atom. The third-order valence-corrected chi connectivity index (χ3v) is 6.17. The molecule has 2 aromatic rings. The molecule has 3 heteroatoms. The Morgan fingerprint density at radius 2 is 1.86 bits per heavy atom. The summed E-state index contributed by atoms with van der Waals surface area (Å²) in [5.41, 5.74) is 4.65. The Balaban J connectivity index is 1.84. The molecule has 1 aromatic heterocycles. The average molecular weight is 277 g/mol. The number of rotatable bonds is 0. The summed E-state index contributed by atoms with van der Waals surface area (Å²) in [5.74, 6) is 1.10. The molecule has 0 spiro atoms. The molecule has 3 unspecified atom stereocenters. The van der Waals surface area contributed by atoms with Gasteiger partial charge in [0, 0.05) is 29.8 Å². The van der Waals surface area contributed by atoms with Gasteiger partial charge in [-0.3, -0.25) is 0 Å². The SMILES string of the molecule is CN1c2cccnc2N2c3ccccc3C3(C)CC3(C)C12. The number of hydrogen-bond acceptors (Lipinski definition) is 3. The topological polar surface area (TPSA) is 19.4 Å². The van der Waals surface area contributed by atoms with Crippen molar-refractivity contribution in [1.29, 1.82) is 0 Å². The van der Waals surface area contributed by atoms with Gasteiger partial charge in [0.05, 0.1) is 5.69 Å². The van der Waals surface area contributed by atoms with Crippen LogP contribution < -0.4 is 9.80 Å². The third-order valence-electron chi connectivity index (χ3n) is 6.17. The van der Waals surface area contributed by atoms with Crippen LogP contribution in [0.4, 0.5) is 17.2 Å². The molecule has 2 aliphatic heterocycles. The van der Waals surface area contributed by atoms with E-state index in [1.807, 2.05) is 12.3 Å². The van der Waals surface area contributed by atoms with Crippen LogP contribution in [0.2, 0.25) is 0 Å². The van der Waals surface area contributed by atoms with Crippen molar-refractivity contribution in [3.05, 3.63) is 48.2 Å². The fourth-order valence-electron chi connectivity index (χ4n) is 4.85. The van der Waals surface area contributed by atoms with E-state index in [0.717, 1.165) is 5.82 Å². The zero-order valence-corrected chi connectivity index (χ0v) is 12.7. The second-order valence-corrected chi connectivity index (χ2v) is 7.14. The summed E-state index contributed by atoms with van der Waals surface area (Å²) < 4.78 is 0. The highest BCUT2D eigenvalue weighted by Crippen LogP contribution is 2.73. The van der Waals surface area contributed by atoms with E-state index in [9.17, 15) is 0 Å². The van der Waals surface area contributed by atoms with Crippen LogP contribution in [-0.4, -0.2) is 18.2 Å². The van der Waals surface area contributed by atoms with E-state index in [1.165, 1.54) is 23.4 Å². The van der Waals surface area contributed by atoms with Crippen LogP contribution >= 0.6 is 0 Å². The number of nitrogens with zero attached hydrogens (tertiary/aromatic N) is 3. The van der Waals surface area contributed by atoms with E-state index >= 15 is 0 Å². The second kappa shape index (κ2) is 3.24. The molecule has 21 heavy (non-hydrogen) atoms. The maximum absolute atomic E-state index is 4.68. The predicted molar refractivity (Wildman–Crippen MR) is 85.1 cm³/mol. The molecule has 0 N–H and O–H groups in total. The van der Waals surface area contributed by atoms with Gasteiger partial charge in [-0.1, -0.05) is 32.0 Å². The van der Waals surface area contributed by atoms with E-state index < -0.39 is 0 Å². The number of fused-ring (bicyclic) bond motifs is 8. The molecule has 3 aliphatic rings. The zero-order valence-electron chi connectivity index (χ0n) is 12.7. The van der Waals surface area contributed by atoms with Crippen LogP contribution in [0.1, 0.15) is 25.8 Å². The van der Waals surface area contributed by atoms with Crippen LogP contribution in [0.3, 0.4) is 0 Å². The van der Waals surface area contributed by atoms with Gasteiger partial charge in [-0.15, -0.1) is 0 Å². The predicted octanol–water partition coefficient (Wildman–Crippen LogP) is 3.68. The average Bonchev–Trinajstić information content (AvgIpc) is 2.95. The fourth-order valence-corrected chi connectivity index (χ4v) is 4.85. The molecule has 5 rings (SSSR count). The van der Waals surface area contributed by atoms with Crippen LogP contribution in [0.15, 0.2) is 42.6 Å². The Hall–Kier alpha value is -2.03. The summed E-state index contributed by atoms with van der Waals surface area (Å²) in [5, 5.41) is 0. The first kappa shape index (κ1) is 11.6. The molecule has 1 fully saturated rings. The number of hydrogen-bond donors (Lipinski definition) is 0. The van der Waals surface area contributed by atoms with Gasteiger partial charge in [0.15, 0.2) is 5.82 Å². The molecule has 0 bridgehead atoms. The molecule has 1 saturated carbocycles. The minimum Gasteiger partial charge on any atom is -0.350 e. The van der Waals surface area contributed by atoms with E-state index in [0.29, 0.717) is 11.6 Å². The Labute approximate surface area is 125 Å². The van der Waals surface area contributed by atoms with Gasteiger partial charge in [0.1, 0.15) is 6.17 Å². The molecule has 1 aliphatic carbocycles. The van der Waals surface area contributed by atoms with Crippen molar-refractivity contribution in [2.24, 2.45) is 5.41 Å². The number of para-hydroxylation sites is 1. The zero-order chi connectivity index (χ0) is 14.4. The van der Waals surface area contributed by atoms with E-state index in [-0.39, 0.29) is 5.41 Å². The van der Waals surface area contributed by atoms with E-state index in [1.54, 1.807) is 0 Å². The highest BCUT2D eigenvalue weighted by Gasteiger charge is 2.72. The third kappa shape index (κ3) is 1.09. The highest BCUT2D eigenvalue weighted by molar-refractivity contribution is 5.85. The number of aromatic nitrogens is 1. The van der Waals surface area contributed by atoms with Gasteiger partial charge in [-0.2, -0.15) is 0 Å². The molecule has 0 radical (unpaired) electrons. The molecule has 1 aromatic carbocycles. The van der Waals surface area contributed by atoms with Crippen molar-refractivity contribution >= 4 is 17.2 Å². The molecular formula is C18H19N3. The first-order valence-corrected chi connectivity index (χ1v) is 7.64. The number of anilines is 3. The van der Waals surface area contributed by atoms with E-state index in [2.05, 4.69) is 66.0 Å². The van der Waals surface area contributed by atoms with Crippen LogP contribution in [0.25, 0.3) is 0 Å². The fraction of sp³-hybridized carbons (Fsp3) is 0.389. The standard InChI is InChI=1S/C18H19N3/c1-17-11-18(17,2)16-20(3)14-9-6-10-19-15(14)21(16)13-8-5-4-7-12(13)17/h4-10,16H,11H2,1-3H3. The number of benzene rings is 1. The van der Waals surface area contributed by atoms with Gasteiger partial charge < -0.3 is 9.80 Å². The lowest BCUT2D eigenvalue weighted by Crippen LogP contribution is -2.50. The summed E-state index contributed by atoms with van der Waals surface area (Å²) in [6.07, 6.45) is 3.53. The quantitative estimate of drug-likeness (QED) is 0.732. The van der Waals surface area contributed by atoms with Crippen molar-refractivity contribution in [2.75, 3.05) is 16.8 Å². The van der Waals surface area contributed by atoms with Gasteiger partial charge >= 0.3 is 0 Å². The van der Waals surface area contributed by atoms with Crippen molar-refractivity contribution < 1.29 is 0 Å². The largest absolute Gasteiger partial charge is 0.350 e. The summed E-state index contributed by atoms with van der Waals surface area (Å²) >= 11 is 0. The Kier molecular flexibility index (Phi) is 1.79. The molecule has 3 nitrogen and oxygen atoms in total. The van der Waals surface area contributed by atoms with Gasteiger partial charge in [0.2, 0.25) is 0 Å². The first-order chi connectivity index (χ1) is 10.1. The molecule has 3 atom stereocenters. The lowest BCUT2D eigenvalue weighted by Gasteiger charge is -2.43. The summed E-state index contributed by atoms with van der Waals surface area (Å²) in [4.78, 5) is 9.56. The number of pyridine rings is 1. The lowest BCUT2D eigenvalue weighted by atomic mass is 9.81. The second-order valence-electron chi connectivity index (χ2n) is 7.14. The molecule has 0 amide bonds. The van der Waals surface area contributed by atoms with E-state index in [4.69, 9.17) is 0 Å². The van der Waals surface area contributed by atoms with Gasteiger partial charge in [-0.05, 0) is 30.2 Å². The highest BCUT2D eigenvalue weighted by atomic mass is 15.5. The lowest BCUT2D eigenvalue weighted by molar-refractivity contribution is 0.365. The summed E-state index contributed by atoms with van der Waals surface area (Å²) in [6.45, 7) is 4.86. The van der Waals surface area contributed by atoms with Crippen LogP contribution in [-0.2, 0) is 5.41 Å². The van der Waals surface area contributed by atoms with Crippen LogP contribution in [0, 0.1) is 5.41 Å². The van der Waals surface area contributed by atoms with Crippen molar-refractivity contribution in [3.8, 4) is 0 Å². The van der Waals surface area contributed by atoms with Crippen LogP contribution in [0.5, 0.6) is 0 Å². The molecule has 106 valence electrons. The summed E-state index contributed by atoms with van der Waals surface area (Å²) in [6, 6.07) is 13.1. The van der Waals surface area contributed by atoms with Crippen molar-refractivity contribution in [2.45, 2.75) is 31.8 Å². The Bertz CT molecular complexity index is 771. The smallest absolute Gasteiger partial charge is 0.158 e. The van der Waals surface area contributed by atoms with Gasteiger partial charge in [-0.25, -0.2) is 4.98 Å². The molecule has 3 heterocycles. The monoisotopic (exact) mass is 277 g/mol. The maximum atomic E-state index is 4.68. The summed E-state index contributed by atoms with van der Waals surface area (Å²) in [7, 11) is 2.21. The molecule has 0 saturated heterocycles. The normalized spacial score (nSPS) is 34.9. The van der Waals surface area contributed by atoms with Gasteiger partial charge in [0.25, 0.3) is 0 Å². The maximum Gasteiger partial charge on any atom is 0.158 e. The van der Waals surface area contributed by atoms with Crippen molar-refractivity contribution in [1.82, 2.24) is 4.98 Å². The molecular weight excluding hydrogens is 258 g/mol. The Morgan fingerprint density at radius 1 is 1.10 bits per heavy atom. The minimum absolute atomic E-state index is 0.288. The first-order valence-electron chi connectivity index (χ1n) is 7.64. The minimum atomic E-state index is 0.288.